The lowest BCUT2D eigenvalue weighted by Gasteiger charge is -2.26. The summed E-state index contributed by atoms with van der Waals surface area (Å²) < 4.78 is 6.17. The SMILES string of the molecule is COc1ccc2nc(NC(=O)C[NH+]3CCC(C(N)=O)CC3)sc2c1. The molecule has 0 atom stereocenters. The van der Waals surface area contributed by atoms with Crippen LogP contribution in [0.5, 0.6) is 5.75 Å². The average molecular weight is 349 g/mol. The van der Waals surface area contributed by atoms with Crippen molar-refractivity contribution in [3.05, 3.63) is 18.2 Å². The molecular formula is C16H21N4O3S+. The Morgan fingerprint density at radius 3 is 2.83 bits per heavy atom. The first kappa shape index (κ1) is 16.7. The molecule has 4 N–H and O–H groups in total. The van der Waals surface area contributed by atoms with Crippen LogP contribution in [-0.4, -0.2) is 43.5 Å². The number of amides is 2. The number of rotatable bonds is 5. The van der Waals surface area contributed by atoms with E-state index in [0.717, 1.165) is 41.9 Å². The summed E-state index contributed by atoms with van der Waals surface area (Å²) >= 11 is 1.43. The van der Waals surface area contributed by atoms with Gasteiger partial charge in [-0.05, 0) is 18.2 Å². The summed E-state index contributed by atoms with van der Waals surface area (Å²) in [6.07, 6.45) is 1.50. The van der Waals surface area contributed by atoms with Gasteiger partial charge in [-0.2, -0.15) is 0 Å². The molecule has 0 spiro atoms. The fourth-order valence-corrected chi connectivity index (χ4v) is 3.87. The van der Waals surface area contributed by atoms with E-state index in [1.54, 1.807) is 7.11 Å². The molecule has 0 aliphatic carbocycles. The number of ether oxygens (including phenoxy) is 1. The number of piperidine rings is 1. The smallest absolute Gasteiger partial charge is 0.281 e. The minimum absolute atomic E-state index is 0.0453. The highest BCUT2D eigenvalue weighted by Crippen LogP contribution is 2.28. The molecule has 1 aromatic heterocycles. The number of anilines is 1. The lowest BCUT2D eigenvalue weighted by atomic mass is 9.96. The highest BCUT2D eigenvalue weighted by molar-refractivity contribution is 7.22. The maximum Gasteiger partial charge on any atom is 0.281 e. The Bertz CT molecular complexity index is 753. The highest BCUT2D eigenvalue weighted by atomic mass is 32.1. The van der Waals surface area contributed by atoms with E-state index in [1.165, 1.54) is 16.2 Å². The Hall–Kier alpha value is -2.19. The number of aromatic nitrogens is 1. The average Bonchev–Trinajstić information content (AvgIpc) is 2.96. The van der Waals surface area contributed by atoms with Gasteiger partial charge in [0.1, 0.15) is 5.75 Å². The van der Waals surface area contributed by atoms with Crippen molar-refractivity contribution in [1.29, 1.82) is 0 Å². The van der Waals surface area contributed by atoms with Crippen LogP contribution < -0.4 is 20.7 Å². The maximum absolute atomic E-state index is 12.2. The summed E-state index contributed by atoms with van der Waals surface area (Å²) in [5.41, 5.74) is 6.17. The van der Waals surface area contributed by atoms with E-state index in [2.05, 4.69) is 10.3 Å². The van der Waals surface area contributed by atoms with Crippen LogP contribution in [0.2, 0.25) is 0 Å². The number of carbonyl (C=O) groups is 2. The first-order chi connectivity index (χ1) is 11.5. The maximum atomic E-state index is 12.2. The van der Waals surface area contributed by atoms with E-state index in [4.69, 9.17) is 10.5 Å². The zero-order valence-electron chi connectivity index (χ0n) is 13.5. The molecule has 128 valence electrons. The Labute approximate surface area is 143 Å². The molecule has 0 unspecified atom stereocenters. The van der Waals surface area contributed by atoms with Crippen molar-refractivity contribution in [1.82, 2.24) is 4.98 Å². The van der Waals surface area contributed by atoms with Gasteiger partial charge in [0.25, 0.3) is 5.91 Å². The number of nitrogens with zero attached hydrogens (tertiary/aromatic N) is 1. The topological polar surface area (TPSA) is 98.8 Å². The molecule has 0 bridgehead atoms. The predicted octanol–water partition coefficient (Wildman–Crippen LogP) is 0.0236. The van der Waals surface area contributed by atoms with Crippen LogP contribution in [0.4, 0.5) is 5.13 Å². The number of fused-ring (bicyclic) bond motifs is 1. The van der Waals surface area contributed by atoms with Gasteiger partial charge in [-0.15, -0.1) is 0 Å². The molecule has 1 aromatic carbocycles. The molecule has 0 saturated carbocycles. The van der Waals surface area contributed by atoms with Crippen LogP contribution in [0.3, 0.4) is 0 Å². The van der Waals surface area contributed by atoms with Gasteiger partial charge in [0.15, 0.2) is 11.7 Å². The number of methoxy groups -OCH3 is 1. The van der Waals surface area contributed by atoms with Gasteiger partial charge >= 0.3 is 0 Å². The minimum atomic E-state index is -0.233. The summed E-state index contributed by atoms with van der Waals surface area (Å²) in [5, 5.41) is 3.46. The number of likely N-dealkylation sites (tertiary alicyclic amines) is 1. The van der Waals surface area contributed by atoms with Crippen LogP contribution in [0, 0.1) is 5.92 Å². The zero-order chi connectivity index (χ0) is 17.1. The molecule has 2 aromatic rings. The van der Waals surface area contributed by atoms with Crippen LogP contribution in [0.15, 0.2) is 18.2 Å². The second-order valence-corrected chi connectivity index (χ2v) is 7.03. The monoisotopic (exact) mass is 349 g/mol. The van der Waals surface area contributed by atoms with Gasteiger partial charge in [-0.25, -0.2) is 4.98 Å². The lowest BCUT2D eigenvalue weighted by molar-refractivity contribution is -0.897. The summed E-state index contributed by atoms with van der Waals surface area (Å²) in [6.45, 7) is 1.96. The Morgan fingerprint density at radius 2 is 2.17 bits per heavy atom. The van der Waals surface area contributed by atoms with Gasteiger partial charge in [-0.1, -0.05) is 11.3 Å². The van der Waals surface area contributed by atoms with Crippen molar-refractivity contribution < 1.29 is 19.2 Å². The molecule has 7 nitrogen and oxygen atoms in total. The molecule has 8 heteroatoms. The Balaban J connectivity index is 1.56. The van der Waals surface area contributed by atoms with Crippen LogP contribution in [-0.2, 0) is 9.59 Å². The van der Waals surface area contributed by atoms with Crippen LogP contribution in [0.1, 0.15) is 12.8 Å². The number of nitrogens with one attached hydrogen (secondary N) is 2. The fourth-order valence-electron chi connectivity index (χ4n) is 2.96. The van der Waals surface area contributed by atoms with Crippen molar-refractivity contribution in [3.8, 4) is 5.75 Å². The molecule has 3 rings (SSSR count). The third-order valence-electron chi connectivity index (χ3n) is 4.35. The first-order valence-electron chi connectivity index (χ1n) is 7.92. The van der Waals surface area contributed by atoms with Gasteiger partial charge < -0.3 is 15.4 Å². The fraction of sp³-hybridized carbons (Fsp3) is 0.438. The number of nitrogens with two attached hydrogens (primary N) is 1. The molecule has 2 amide bonds. The van der Waals surface area contributed by atoms with E-state index < -0.39 is 0 Å². The Morgan fingerprint density at radius 1 is 1.42 bits per heavy atom. The van der Waals surface area contributed by atoms with Gasteiger partial charge in [-0.3, -0.25) is 14.9 Å². The number of benzene rings is 1. The quantitative estimate of drug-likeness (QED) is 0.709. The van der Waals surface area contributed by atoms with Gasteiger partial charge in [0, 0.05) is 18.8 Å². The van der Waals surface area contributed by atoms with E-state index in [-0.39, 0.29) is 17.7 Å². The number of primary amides is 1. The van der Waals surface area contributed by atoms with E-state index in [9.17, 15) is 9.59 Å². The van der Waals surface area contributed by atoms with Crippen molar-refractivity contribution in [3.63, 3.8) is 0 Å². The molecule has 1 saturated heterocycles. The molecule has 1 aliphatic heterocycles. The third kappa shape index (κ3) is 3.82. The number of thiazole rings is 1. The van der Waals surface area contributed by atoms with E-state index in [0.29, 0.717) is 11.7 Å². The summed E-state index contributed by atoms with van der Waals surface area (Å²) in [7, 11) is 1.62. The zero-order valence-corrected chi connectivity index (χ0v) is 14.3. The van der Waals surface area contributed by atoms with Crippen LogP contribution in [0.25, 0.3) is 10.2 Å². The largest absolute Gasteiger partial charge is 0.497 e. The minimum Gasteiger partial charge on any atom is -0.497 e. The van der Waals surface area contributed by atoms with Gasteiger partial charge in [0.2, 0.25) is 5.91 Å². The van der Waals surface area contributed by atoms with Crippen LogP contribution >= 0.6 is 11.3 Å². The van der Waals surface area contributed by atoms with Crippen molar-refractivity contribution in [2.45, 2.75) is 12.8 Å². The normalized spacial score (nSPS) is 20.7. The first-order valence-corrected chi connectivity index (χ1v) is 8.74. The molecule has 1 aliphatic rings. The predicted molar refractivity (Wildman–Crippen MR) is 92.3 cm³/mol. The molecular weight excluding hydrogens is 328 g/mol. The van der Waals surface area contributed by atoms with Crippen molar-refractivity contribution >= 4 is 38.5 Å². The second kappa shape index (κ2) is 7.14. The third-order valence-corrected chi connectivity index (χ3v) is 5.28. The second-order valence-electron chi connectivity index (χ2n) is 6.00. The van der Waals surface area contributed by atoms with Crippen molar-refractivity contribution in [2.24, 2.45) is 11.7 Å². The Kier molecular flexibility index (Phi) is 4.96. The van der Waals surface area contributed by atoms with Gasteiger partial charge in [0.05, 0.1) is 30.4 Å². The van der Waals surface area contributed by atoms with E-state index in [1.807, 2.05) is 18.2 Å². The number of quaternary nitrogens is 1. The van der Waals surface area contributed by atoms with E-state index >= 15 is 0 Å². The number of hydrogen-bond donors (Lipinski definition) is 3. The lowest BCUT2D eigenvalue weighted by Crippen LogP contribution is -3.14. The summed E-state index contributed by atoms with van der Waals surface area (Å²) in [5.74, 6) is 0.429. The number of hydrogen-bond acceptors (Lipinski definition) is 5. The standard InChI is InChI=1S/C16H20N4O3S/c1-23-11-2-3-12-13(8-11)24-16(18-12)19-14(21)9-20-6-4-10(5-7-20)15(17)22/h2-3,8,10H,4-7,9H2,1H3,(H2,17,22)(H,18,19,21)/p+1. The summed E-state index contributed by atoms with van der Waals surface area (Å²) in [6, 6.07) is 5.63. The number of carbonyl (C=O) groups excluding carboxylic acids is 2. The molecule has 24 heavy (non-hydrogen) atoms. The molecule has 1 fully saturated rings. The molecule has 0 radical (unpaired) electrons. The van der Waals surface area contributed by atoms with Crippen molar-refractivity contribution in [2.75, 3.05) is 32.1 Å². The highest BCUT2D eigenvalue weighted by Gasteiger charge is 2.27. The summed E-state index contributed by atoms with van der Waals surface area (Å²) in [4.78, 5) is 29.0. The molecule has 2 heterocycles.